The van der Waals surface area contributed by atoms with Gasteiger partial charge in [-0.15, -0.1) is 0 Å². The number of hydrogen-bond acceptors (Lipinski definition) is 1. The van der Waals surface area contributed by atoms with Crippen molar-refractivity contribution in [1.82, 2.24) is 4.98 Å². The van der Waals surface area contributed by atoms with Gasteiger partial charge >= 0.3 is 0 Å². The molecule has 106 valence electrons. The van der Waals surface area contributed by atoms with Gasteiger partial charge in [-0.2, -0.15) is 0 Å². The van der Waals surface area contributed by atoms with Crippen LogP contribution in [-0.2, 0) is 0 Å². The van der Waals surface area contributed by atoms with Crippen LogP contribution in [0.25, 0.3) is 10.9 Å². The Kier molecular flexibility index (Phi) is 2.81. The van der Waals surface area contributed by atoms with Crippen LogP contribution in [0.15, 0.2) is 42.6 Å². The summed E-state index contributed by atoms with van der Waals surface area (Å²) in [5.74, 6) is -0.283. The molecule has 3 aromatic rings. The highest BCUT2D eigenvalue weighted by atomic mass is 35.5. The van der Waals surface area contributed by atoms with E-state index in [9.17, 15) is 9.50 Å². The second kappa shape index (κ2) is 4.58. The number of fused-ring (bicyclic) bond motifs is 2. The van der Waals surface area contributed by atoms with Crippen LogP contribution in [0.1, 0.15) is 35.1 Å². The lowest BCUT2D eigenvalue weighted by atomic mass is 9.92. The molecular formula is C17H13ClFNO. The molecule has 1 aromatic heterocycles. The monoisotopic (exact) mass is 301 g/mol. The van der Waals surface area contributed by atoms with E-state index in [1.807, 2.05) is 24.4 Å². The molecule has 0 unspecified atom stereocenters. The van der Waals surface area contributed by atoms with Crippen LogP contribution < -0.4 is 0 Å². The number of hydrogen-bond donors (Lipinski definition) is 2. The minimum atomic E-state index is -0.631. The maximum Gasteiger partial charge on any atom is 0.123 e. The Balaban J connectivity index is 1.92. The summed E-state index contributed by atoms with van der Waals surface area (Å²) < 4.78 is 13.4. The number of aromatic amines is 1. The number of nitrogens with one attached hydrogen (secondary N) is 1. The van der Waals surface area contributed by atoms with Crippen LogP contribution in [0.5, 0.6) is 0 Å². The Morgan fingerprint density at radius 1 is 1.14 bits per heavy atom. The topological polar surface area (TPSA) is 36.0 Å². The van der Waals surface area contributed by atoms with Crippen molar-refractivity contribution >= 4 is 22.5 Å². The first-order valence-electron chi connectivity index (χ1n) is 6.88. The third-order valence-corrected chi connectivity index (χ3v) is 4.62. The van der Waals surface area contributed by atoms with Crippen molar-refractivity contribution in [3.63, 3.8) is 0 Å². The second-order valence-electron chi connectivity index (χ2n) is 5.48. The summed E-state index contributed by atoms with van der Waals surface area (Å²) in [6, 6.07) is 10.4. The molecule has 1 aliphatic carbocycles. The van der Waals surface area contributed by atoms with Crippen molar-refractivity contribution in [2.75, 3.05) is 0 Å². The fourth-order valence-electron chi connectivity index (χ4n) is 3.36. The molecule has 0 aliphatic heterocycles. The van der Waals surface area contributed by atoms with Gasteiger partial charge in [0.15, 0.2) is 0 Å². The van der Waals surface area contributed by atoms with E-state index < -0.39 is 6.10 Å². The molecule has 0 amide bonds. The molecule has 2 aromatic carbocycles. The molecule has 1 heterocycles. The van der Waals surface area contributed by atoms with Crippen LogP contribution in [0.3, 0.4) is 0 Å². The van der Waals surface area contributed by atoms with Gasteiger partial charge in [-0.1, -0.05) is 23.7 Å². The van der Waals surface area contributed by atoms with Crippen molar-refractivity contribution in [1.29, 1.82) is 0 Å². The Bertz CT molecular complexity index is 842. The minimum absolute atomic E-state index is 0.0317. The lowest BCUT2D eigenvalue weighted by Gasteiger charge is -2.11. The number of aliphatic hydroxyl groups is 1. The Morgan fingerprint density at radius 3 is 2.86 bits per heavy atom. The predicted octanol–water partition coefficient (Wildman–Crippen LogP) is 4.53. The summed E-state index contributed by atoms with van der Waals surface area (Å²) in [5, 5.41) is 11.9. The van der Waals surface area contributed by atoms with Gasteiger partial charge in [0.05, 0.1) is 11.1 Å². The van der Waals surface area contributed by atoms with Crippen LogP contribution in [-0.4, -0.2) is 10.1 Å². The number of aliphatic hydroxyl groups excluding tert-OH is 1. The maximum atomic E-state index is 13.4. The van der Waals surface area contributed by atoms with Gasteiger partial charge in [0.25, 0.3) is 0 Å². The fourth-order valence-corrected chi connectivity index (χ4v) is 3.65. The Morgan fingerprint density at radius 2 is 2.00 bits per heavy atom. The van der Waals surface area contributed by atoms with Crippen LogP contribution in [0.4, 0.5) is 4.39 Å². The summed E-state index contributed by atoms with van der Waals surface area (Å²) in [4.78, 5) is 3.22. The van der Waals surface area contributed by atoms with Gasteiger partial charge in [-0.05, 0) is 47.4 Å². The first kappa shape index (κ1) is 12.9. The molecule has 0 bridgehead atoms. The van der Waals surface area contributed by atoms with E-state index in [4.69, 9.17) is 11.6 Å². The Hall–Kier alpha value is -1.84. The molecule has 0 spiro atoms. The van der Waals surface area contributed by atoms with Crippen molar-refractivity contribution in [3.8, 4) is 0 Å². The van der Waals surface area contributed by atoms with E-state index in [2.05, 4.69) is 4.98 Å². The quantitative estimate of drug-likeness (QED) is 0.680. The molecule has 0 saturated heterocycles. The Labute approximate surface area is 126 Å². The van der Waals surface area contributed by atoms with Gasteiger partial charge in [0.1, 0.15) is 5.82 Å². The molecule has 1 aliphatic rings. The van der Waals surface area contributed by atoms with Crippen molar-refractivity contribution in [2.45, 2.75) is 18.4 Å². The standard InChI is InChI=1S/C17H13ClFNO/c18-14-2-1-3-15-17(14)13(8-20-15)11-7-16(21)12-6-9(19)4-5-10(11)12/h1-6,8,11,16,20-21H,7H2/t11-,16+/m0/s1. The number of benzene rings is 2. The molecule has 0 radical (unpaired) electrons. The van der Waals surface area contributed by atoms with Gasteiger partial charge in [0, 0.05) is 23.0 Å². The largest absolute Gasteiger partial charge is 0.388 e. The SMILES string of the molecule is O[C@@H]1C[C@H](c2c[nH]c3cccc(Cl)c23)c2ccc(F)cc21. The zero-order chi connectivity index (χ0) is 14.6. The van der Waals surface area contributed by atoms with E-state index in [0.717, 1.165) is 22.0 Å². The zero-order valence-electron chi connectivity index (χ0n) is 11.1. The highest BCUT2D eigenvalue weighted by molar-refractivity contribution is 6.35. The molecule has 4 heteroatoms. The lowest BCUT2D eigenvalue weighted by Crippen LogP contribution is -1.95. The summed E-state index contributed by atoms with van der Waals surface area (Å²) in [6.45, 7) is 0. The molecular weight excluding hydrogens is 289 g/mol. The number of aromatic nitrogens is 1. The van der Waals surface area contributed by atoms with Gasteiger partial charge < -0.3 is 10.1 Å². The molecule has 0 fully saturated rings. The summed E-state index contributed by atoms with van der Waals surface area (Å²) in [6.07, 6.45) is 1.86. The summed E-state index contributed by atoms with van der Waals surface area (Å²) in [7, 11) is 0. The normalized spacial score (nSPS) is 20.9. The smallest absolute Gasteiger partial charge is 0.123 e. The van der Waals surface area contributed by atoms with Gasteiger partial charge in [0.2, 0.25) is 0 Å². The first-order valence-corrected chi connectivity index (χ1v) is 7.26. The van der Waals surface area contributed by atoms with Crippen LogP contribution in [0.2, 0.25) is 5.02 Å². The number of H-pyrrole nitrogens is 1. The van der Waals surface area contributed by atoms with Gasteiger partial charge in [-0.3, -0.25) is 0 Å². The van der Waals surface area contributed by atoms with E-state index >= 15 is 0 Å². The van der Waals surface area contributed by atoms with Crippen molar-refractivity contribution in [3.05, 3.63) is 70.1 Å². The second-order valence-corrected chi connectivity index (χ2v) is 5.89. The van der Waals surface area contributed by atoms with Crippen molar-refractivity contribution < 1.29 is 9.50 Å². The first-order chi connectivity index (χ1) is 10.1. The average molecular weight is 302 g/mol. The average Bonchev–Trinajstić information content (AvgIpc) is 3.02. The minimum Gasteiger partial charge on any atom is -0.388 e. The van der Waals surface area contributed by atoms with Crippen LogP contribution >= 0.6 is 11.6 Å². The van der Waals surface area contributed by atoms with Gasteiger partial charge in [-0.25, -0.2) is 4.39 Å². The molecule has 0 saturated carbocycles. The molecule has 2 N–H and O–H groups in total. The van der Waals surface area contributed by atoms with E-state index in [1.165, 1.54) is 12.1 Å². The number of rotatable bonds is 1. The number of halogens is 2. The van der Waals surface area contributed by atoms with Crippen LogP contribution in [0, 0.1) is 5.82 Å². The zero-order valence-corrected chi connectivity index (χ0v) is 11.9. The molecule has 2 atom stereocenters. The predicted molar refractivity (Wildman–Crippen MR) is 81.1 cm³/mol. The third kappa shape index (κ3) is 1.88. The third-order valence-electron chi connectivity index (χ3n) is 4.30. The molecule has 4 rings (SSSR count). The summed E-state index contributed by atoms with van der Waals surface area (Å²) in [5.41, 5.74) is 3.69. The van der Waals surface area contributed by atoms with Crippen molar-refractivity contribution in [2.24, 2.45) is 0 Å². The summed E-state index contributed by atoms with van der Waals surface area (Å²) >= 11 is 6.33. The molecule has 21 heavy (non-hydrogen) atoms. The van der Waals surface area contributed by atoms with E-state index in [1.54, 1.807) is 6.07 Å². The highest BCUT2D eigenvalue weighted by Crippen LogP contribution is 2.46. The molecule has 2 nitrogen and oxygen atoms in total. The fraction of sp³-hybridized carbons (Fsp3) is 0.176. The maximum absolute atomic E-state index is 13.4. The van der Waals surface area contributed by atoms with E-state index in [0.29, 0.717) is 17.0 Å². The lowest BCUT2D eigenvalue weighted by molar-refractivity contribution is 0.176. The van der Waals surface area contributed by atoms with E-state index in [-0.39, 0.29) is 11.7 Å². The highest BCUT2D eigenvalue weighted by Gasteiger charge is 2.32.